The summed E-state index contributed by atoms with van der Waals surface area (Å²) in [5, 5.41) is 2.64. The average Bonchev–Trinajstić information content (AvgIpc) is 3.38. The van der Waals surface area contributed by atoms with Crippen LogP contribution in [0.3, 0.4) is 0 Å². The number of alkyl halides is 3. The van der Waals surface area contributed by atoms with Crippen LogP contribution >= 0.6 is 22.9 Å². The molecule has 0 saturated carbocycles. The summed E-state index contributed by atoms with van der Waals surface area (Å²) in [7, 11) is -2.32. The molecule has 1 unspecified atom stereocenters. The van der Waals surface area contributed by atoms with Gasteiger partial charge in [-0.3, -0.25) is 9.52 Å². The highest BCUT2D eigenvalue weighted by Gasteiger charge is 2.36. The molecule has 37 heavy (non-hydrogen) atoms. The Hall–Kier alpha value is -2.80. The third-order valence-electron chi connectivity index (χ3n) is 5.63. The number of amides is 1. The van der Waals surface area contributed by atoms with Crippen molar-refractivity contribution in [3.63, 3.8) is 0 Å². The van der Waals surface area contributed by atoms with Gasteiger partial charge in [0.15, 0.2) is 0 Å². The number of rotatable bonds is 7. The van der Waals surface area contributed by atoms with Crippen molar-refractivity contribution in [3.8, 4) is 16.9 Å². The predicted molar refractivity (Wildman–Crippen MR) is 138 cm³/mol. The molecule has 1 atom stereocenters. The maximum atomic E-state index is 13.6. The highest BCUT2D eigenvalue weighted by atomic mass is 35.5. The Morgan fingerprint density at radius 1 is 1.14 bits per heavy atom. The minimum atomic E-state index is -4.66. The minimum Gasteiger partial charge on any atom is -0.488 e. The number of ether oxygens (including phenoxy) is 1. The lowest BCUT2D eigenvalue weighted by molar-refractivity contribution is -0.139. The second kappa shape index (κ2) is 10.5. The number of benzene rings is 2. The molecule has 1 aromatic heterocycles. The number of halogens is 4. The first-order valence-corrected chi connectivity index (χ1v) is 13.8. The second-order valence-electron chi connectivity index (χ2n) is 8.62. The molecule has 1 aliphatic heterocycles. The number of anilines is 2. The average molecular weight is 574 g/mol. The summed E-state index contributed by atoms with van der Waals surface area (Å²) in [6, 6.07) is 11.0. The maximum Gasteiger partial charge on any atom is 0.419 e. The Kier molecular flexibility index (Phi) is 7.75. The van der Waals surface area contributed by atoms with E-state index in [4.69, 9.17) is 16.3 Å². The van der Waals surface area contributed by atoms with Crippen molar-refractivity contribution in [2.24, 2.45) is 0 Å². The van der Waals surface area contributed by atoms with E-state index < -0.39 is 33.6 Å². The maximum absolute atomic E-state index is 13.6. The summed E-state index contributed by atoms with van der Waals surface area (Å²) in [6.07, 6.45) is -4.54. The number of nitrogens with one attached hydrogen (secondary N) is 2. The first-order chi connectivity index (χ1) is 17.3. The molecule has 1 aliphatic rings. The van der Waals surface area contributed by atoms with Crippen molar-refractivity contribution in [3.05, 3.63) is 58.4 Å². The number of carbonyl (C=O) groups is 1. The van der Waals surface area contributed by atoms with E-state index in [1.165, 1.54) is 13.0 Å². The summed E-state index contributed by atoms with van der Waals surface area (Å²) >= 11 is 7.14. The van der Waals surface area contributed by atoms with Crippen molar-refractivity contribution < 1.29 is 31.1 Å². The monoisotopic (exact) mass is 573 g/mol. The predicted octanol–water partition coefficient (Wildman–Crippen LogP) is 5.93. The van der Waals surface area contributed by atoms with E-state index in [0.29, 0.717) is 36.3 Å². The normalized spacial score (nSPS) is 16.5. The highest BCUT2D eigenvalue weighted by Crippen LogP contribution is 2.41. The van der Waals surface area contributed by atoms with Gasteiger partial charge in [0.2, 0.25) is 5.91 Å². The molecule has 2 heterocycles. The number of likely N-dealkylation sites (tertiary alicyclic amines) is 1. The Morgan fingerprint density at radius 3 is 2.41 bits per heavy atom. The van der Waals surface area contributed by atoms with Crippen LogP contribution in [0.25, 0.3) is 11.1 Å². The van der Waals surface area contributed by atoms with E-state index in [1.807, 2.05) is 11.9 Å². The Bertz CT molecular complexity index is 1410. The molecule has 7 nitrogen and oxygen atoms in total. The minimum absolute atomic E-state index is 0.0694. The van der Waals surface area contributed by atoms with E-state index >= 15 is 0 Å². The van der Waals surface area contributed by atoms with Crippen LogP contribution in [0.2, 0.25) is 4.34 Å². The molecule has 0 bridgehead atoms. The SMILES string of the molecule is CC(=O)Nc1ccc(-c2cc(S(=O)(=O)Nc3ccc(C(F)(F)F)c(OC4CCN(C)C4)c3)sc2Cl)cc1. The number of nitrogens with zero attached hydrogens (tertiary/aromatic N) is 1. The molecule has 1 saturated heterocycles. The fourth-order valence-corrected chi connectivity index (χ4v) is 6.72. The van der Waals surface area contributed by atoms with Gasteiger partial charge in [0.1, 0.15) is 20.4 Å². The fourth-order valence-electron chi connectivity index (χ4n) is 3.91. The number of thiophene rings is 1. The molecule has 13 heteroatoms. The van der Waals surface area contributed by atoms with Crippen molar-refractivity contribution >= 4 is 50.2 Å². The van der Waals surface area contributed by atoms with Gasteiger partial charge in [0.05, 0.1) is 11.3 Å². The summed E-state index contributed by atoms with van der Waals surface area (Å²) in [5.74, 6) is -0.662. The smallest absolute Gasteiger partial charge is 0.419 e. The van der Waals surface area contributed by atoms with Crippen molar-refractivity contribution in [2.75, 3.05) is 30.2 Å². The molecule has 0 radical (unpaired) electrons. The second-order valence-corrected chi connectivity index (χ2v) is 12.2. The standard InChI is InChI=1S/C24H23ClF3N3O4S2/c1-14(32)29-16-5-3-15(4-6-16)19-12-22(36-23(19)25)37(33,34)30-17-7-8-20(24(26,27)28)21(11-17)35-18-9-10-31(2)13-18/h3-8,11-12,18,30H,9-10,13H2,1-2H3,(H,29,32). The Labute approximate surface area is 221 Å². The lowest BCUT2D eigenvalue weighted by Crippen LogP contribution is -2.23. The van der Waals surface area contributed by atoms with Crippen LogP contribution < -0.4 is 14.8 Å². The number of likely N-dealkylation sites (N-methyl/N-ethyl adjacent to an activating group) is 1. The quantitative estimate of drug-likeness (QED) is 0.366. The van der Waals surface area contributed by atoms with Crippen molar-refractivity contribution in [1.29, 1.82) is 0 Å². The van der Waals surface area contributed by atoms with Crippen LogP contribution in [0.5, 0.6) is 5.75 Å². The van der Waals surface area contributed by atoms with Gasteiger partial charge in [0.25, 0.3) is 10.0 Å². The summed E-state index contributed by atoms with van der Waals surface area (Å²) in [4.78, 5) is 13.1. The molecule has 1 amide bonds. The molecule has 198 valence electrons. The number of sulfonamides is 1. The van der Waals surface area contributed by atoms with Crippen molar-refractivity contribution in [2.45, 2.75) is 29.8 Å². The first-order valence-electron chi connectivity index (χ1n) is 11.1. The zero-order valence-corrected chi connectivity index (χ0v) is 22.1. The first kappa shape index (κ1) is 27.2. The lowest BCUT2D eigenvalue weighted by atomic mass is 10.1. The highest BCUT2D eigenvalue weighted by molar-refractivity contribution is 7.94. The molecule has 0 aliphatic carbocycles. The van der Waals surface area contributed by atoms with Gasteiger partial charge < -0.3 is 15.0 Å². The van der Waals surface area contributed by atoms with E-state index in [1.54, 1.807) is 24.3 Å². The Balaban J connectivity index is 1.58. The molecule has 4 rings (SSSR count). The van der Waals surface area contributed by atoms with Crippen LogP contribution in [0.1, 0.15) is 18.9 Å². The van der Waals surface area contributed by atoms with Crippen molar-refractivity contribution in [1.82, 2.24) is 4.90 Å². The fraction of sp³-hybridized carbons (Fsp3) is 0.292. The molecule has 3 aromatic rings. The molecule has 1 fully saturated rings. The Morgan fingerprint density at radius 2 is 1.81 bits per heavy atom. The zero-order valence-electron chi connectivity index (χ0n) is 19.7. The topological polar surface area (TPSA) is 87.7 Å². The van der Waals surface area contributed by atoms with E-state index in [-0.39, 0.29) is 20.1 Å². The van der Waals surface area contributed by atoms with Gasteiger partial charge in [-0.15, -0.1) is 11.3 Å². The molecular formula is C24H23ClF3N3O4S2. The third-order valence-corrected chi connectivity index (χ3v) is 8.84. The van der Waals surface area contributed by atoms with Crippen LogP contribution in [-0.4, -0.2) is 45.5 Å². The van der Waals surface area contributed by atoms with Gasteiger partial charge in [-0.1, -0.05) is 23.7 Å². The zero-order chi connectivity index (χ0) is 27.0. The molecular weight excluding hydrogens is 551 g/mol. The van der Waals surface area contributed by atoms with Gasteiger partial charge >= 0.3 is 6.18 Å². The van der Waals surface area contributed by atoms with Gasteiger partial charge in [-0.25, -0.2) is 8.42 Å². The van der Waals surface area contributed by atoms with Gasteiger partial charge in [-0.2, -0.15) is 13.2 Å². The van der Waals surface area contributed by atoms with Crippen LogP contribution in [0.4, 0.5) is 24.5 Å². The van der Waals surface area contributed by atoms with E-state index in [2.05, 4.69) is 10.0 Å². The van der Waals surface area contributed by atoms with Gasteiger partial charge in [0, 0.05) is 37.3 Å². The summed E-state index contributed by atoms with van der Waals surface area (Å²) in [6.45, 7) is 2.54. The molecule has 2 aromatic carbocycles. The summed E-state index contributed by atoms with van der Waals surface area (Å²) < 4.78 is 74.9. The van der Waals surface area contributed by atoms with Crippen LogP contribution in [-0.2, 0) is 21.0 Å². The van der Waals surface area contributed by atoms with Gasteiger partial charge in [-0.05, 0) is 49.4 Å². The van der Waals surface area contributed by atoms with Crippen LogP contribution in [0, 0.1) is 0 Å². The molecule has 0 spiro atoms. The number of hydrogen-bond donors (Lipinski definition) is 2. The van der Waals surface area contributed by atoms with E-state index in [9.17, 15) is 26.4 Å². The molecule has 2 N–H and O–H groups in total. The lowest BCUT2D eigenvalue weighted by Gasteiger charge is -2.19. The van der Waals surface area contributed by atoms with Crippen LogP contribution in [0.15, 0.2) is 52.7 Å². The summed E-state index contributed by atoms with van der Waals surface area (Å²) in [5.41, 5.74) is 0.614. The number of hydrogen-bond acceptors (Lipinski definition) is 6. The number of carbonyl (C=O) groups excluding carboxylic acids is 1. The van der Waals surface area contributed by atoms with E-state index in [0.717, 1.165) is 29.5 Å². The largest absolute Gasteiger partial charge is 0.488 e. The third kappa shape index (κ3) is 6.56.